The summed E-state index contributed by atoms with van der Waals surface area (Å²) in [4.78, 5) is 4.66. The van der Waals surface area contributed by atoms with Crippen molar-refractivity contribution in [2.75, 3.05) is 6.54 Å². The number of pyridine rings is 1. The first kappa shape index (κ1) is 14.2. The van der Waals surface area contributed by atoms with Crippen LogP contribution in [0.5, 0.6) is 0 Å². The highest BCUT2D eigenvalue weighted by atomic mass is 14.8. The molecule has 1 rings (SSSR count). The maximum absolute atomic E-state index is 4.66. The first-order valence-corrected chi connectivity index (χ1v) is 6.68. The van der Waals surface area contributed by atoms with Crippen LogP contribution in [0.3, 0.4) is 0 Å². The summed E-state index contributed by atoms with van der Waals surface area (Å²) in [6.07, 6.45) is 4.31. The van der Waals surface area contributed by atoms with Crippen LogP contribution in [0.4, 0.5) is 0 Å². The first-order valence-electron chi connectivity index (χ1n) is 6.68. The van der Waals surface area contributed by atoms with E-state index in [-0.39, 0.29) is 5.41 Å². The number of hydrogen-bond donors (Lipinski definition) is 1. The van der Waals surface area contributed by atoms with E-state index in [0.717, 1.165) is 19.5 Å². The molecule has 2 nitrogen and oxygen atoms in total. The summed E-state index contributed by atoms with van der Waals surface area (Å²) in [5.41, 5.74) is 4.01. The second-order valence-electron chi connectivity index (χ2n) is 5.42. The third kappa shape index (κ3) is 3.81. The van der Waals surface area contributed by atoms with Gasteiger partial charge in [0.25, 0.3) is 0 Å². The Morgan fingerprint density at radius 1 is 1.29 bits per heavy atom. The van der Waals surface area contributed by atoms with Crippen molar-refractivity contribution in [3.05, 3.63) is 29.1 Å². The van der Waals surface area contributed by atoms with E-state index in [2.05, 4.69) is 51.0 Å². The molecule has 0 fully saturated rings. The van der Waals surface area contributed by atoms with Gasteiger partial charge in [-0.25, -0.2) is 0 Å². The zero-order valence-electron chi connectivity index (χ0n) is 11.9. The molecule has 96 valence electrons. The van der Waals surface area contributed by atoms with Gasteiger partial charge in [-0.2, -0.15) is 0 Å². The lowest BCUT2D eigenvalue weighted by Crippen LogP contribution is -2.20. The molecular weight excluding hydrogens is 208 g/mol. The molecule has 0 aliphatic heterocycles. The zero-order chi connectivity index (χ0) is 12.9. The van der Waals surface area contributed by atoms with Gasteiger partial charge in [-0.3, -0.25) is 4.98 Å². The van der Waals surface area contributed by atoms with Crippen molar-refractivity contribution in [2.24, 2.45) is 0 Å². The second kappa shape index (κ2) is 6.15. The molecule has 0 atom stereocenters. The van der Waals surface area contributed by atoms with Crippen molar-refractivity contribution in [1.29, 1.82) is 0 Å². The van der Waals surface area contributed by atoms with Crippen LogP contribution in [0.25, 0.3) is 0 Å². The Morgan fingerprint density at radius 3 is 2.53 bits per heavy atom. The number of aromatic nitrogens is 1. The molecule has 0 bridgehead atoms. The number of nitrogens with one attached hydrogen (secondary N) is 1. The monoisotopic (exact) mass is 234 g/mol. The highest BCUT2D eigenvalue weighted by molar-refractivity contribution is 5.29. The first-order chi connectivity index (χ1) is 8.01. The quantitative estimate of drug-likeness (QED) is 0.761. The predicted molar refractivity (Wildman–Crippen MR) is 74.3 cm³/mol. The number of aryl methyl sites for hydroxylation is 1. The fraction of sp³-hybridized carbons (Fsp3) is 0.667. The molecule has 0 saturated heterocycles. The highest BCUT2D eigenvalue weighted by Gasteiger charge is 2.21. The molecular formula is C15H26N2. The number of rotatable bonds is 6. The fourth-order valence-electron chi connectivity index (χ4n) is 2.02. The predicted octanol–water partition coefficient (Wildman–Crippen LogP) is 3.58. The normalized spacial score (nSPS) is 11.8. The standard InChI is InChI=1S/C15H26N2/c1-6-8-16-10-13-9-12(3)14(17-11-13)15(4,5)7-2/h9,11,16H,6-8,10H2,1-5H3. The van der Waals surface area contributed by atoms with Crippen LogP contribution in [0.2, 0.25) is 0 Å². The third-order valence-corrected chi connectivity index (χ3v) is 3.42. The Kier molecular flexibility index (Phi) is 5.13. The van der Waals surface area contributed by atoms with Gasteiger partial charge in [0.05, 0.1) is 0 Å². The van der Waals surface area contributed by atoms with E-state index < -0.39 is 0 Å². The Bertz CT molecular complexity index is 356. The summed E-state index contributed by atoms with van der Waals surface area (Å²) >= 11 is 0. The third-order valence-electron chi connectivity index (χ3n) is 3.42. The van der Waals surface area contributed by atoms with Gasteiger partial charge >= 0.3 is 0 Å². The van der Waals surface area contributed by atoms with Crippen LogP contribution in [0.1, 0.15) is 57.4 Å². The number of nitrogens with zero attached hydrogens (tertiary/aromatic N) is 1. The lowest BCUT2D eigenvalue weighted by molar-refractivity contribution is 0.486. The molecule has 0 unspecified atom stereocenters. The van der Waals surface area contributed by atoms with E-state index >= 15 is 0 Å². The zero-order valence-corrected chi connectivity index (χ0v) is 11.9. The van der Waals surface area contributed by atoms with Crippen molar-refractivity contribution >= 4 is 0 Å². The van der Waals surface area contributed by atoms with E-state index in [1.54, 1.807) is 0 Å². The van der Waals surface area contributed by atoms with Crippen molar-refractivity contribution in [2.45, 2.75) is 59.4 Å². The summed E-state index contributed by atoms with van der Waals surface area (Å²) in [6, 6.07) is 2.27. The van der Waals surface area contributed by atoms with E-state index in [1.807, 2.05) is 6.20 Å². The summed E-state index contributed by atoms with van der Waals surface area (Å²) in [5.74, 6) is 0. The summed E-state index contributed by atoms with van der Waals surface area (Å²) < 4.78 is 0. The minimum absolute atomic E-state index is 0.180. The number of hydrogen-bond acceptors (Lipinski definition) is 2. The van der Waals surface area contributed by atoms with Crippen LogP contribution >= 0.6 is 0 Å². The van der Waals surface area contributed by atoms with Crippen LogP contribution in [0.15, 0.2) is 12.3 Å². The second-order valence-corrected chi connectivity index (χ2v) is 5.42. The van der Waals surface area contributed by atoms with Crippen LogP contribution in [0, 0.1) is 6.92 Å². The molecule has 0 aromatic carbocycles. The van der Waals surface area contributed by atoms with E-state index in [9.17, 15) is 0 Å². The van der Waals surface area contributed by atoms with Gasteiger partial charge in [0.1, 0.15) is 0 Å². The largest absolute Gasteiger partial charge is 0.313 e. The van der Waals surface area contributed by atoms with E-state index in [0.29, 0.717) is 0 Å². The Labute approximate surface area is 106 Å². The summed E-state index contributed by atoms with van der Waals surface area (Å²) in [6.45, 7) is 13.1. The van der Waals surface area contributed by atoms with Gasteiger partial charge in [0.15, 0.2) is 0 Å². The molecule has 0 saturated carbocycles. The van der Waals surface area contributed by atoms with Gasteiger partial charge < -0.3 is 5.32 Å². The van der Waals surface area contributed by atoms with E-state index in [1.165, 1.54) is 23.2 Å². The molecule has 0 spiro atoms. The summed E-state index contributed by atoms with van der Waals surface area (Å²) in [5, 5.41) is 3.41. The fourth-order valence-corrected chi connectivity index (χ4v) is 2.02. The average Bonchev–Trinajstić information content (AvgIpc) is 2.29. The van der Waals surface area contributed by atoms with Gasteiger partial charge in [0, 0.05) is 23.9 Å². The lowest BCUT2D eigenvalue weighted by Gasteiger charge is -2.24. The molecule has 1 heterocycles. The molecule has 17 heavy (non-hydrogen) atoms. The van der Waals surface area contributed by atoms with Gasteiger partial charge in [-0.15, -0.1) is 0 Å². The Morgan fingerprint density at radius 2 is 2.00 bits per heavy atom. The van der Waals surface area contributed by atoms with Gasteiger partial charge in [-0.05, 0) is 37.4 Å². The van der Waals surface area contributed by atoms with Crippen molar-refractivity contribution in [1.82, 2.24) is 10.3 Å². The summed E-state index contributed by atoms with van der Waals surface area (Å²) in [7, 11) is 0. The topological polar surface area (TPSA) is 24.9 Å². The molecule has 2 heteroatoms. The Balaban J connectivity index is 2.79. The minimum atomic E-state index is 0.180. The van der Waals surface area contributed by atoms with Gasteiger partial charge in [-0.1, -0.05) is 33.8 Å². The van der Waals surface area contributed by atoms with Crippen LogP contribution < -0.4 is 5.32 Å². The molecule has 0 radical (unpaired) electrons. The molecule has 0 aliphatic rings. The maximum Gasteiger partial charge on any atom is 0.0489 e. The van der Waals surface area contributed by atoms with Crippen LogP contribution in [-0.2, 0) is 12.0 Å². The molecule has 0 aliphatic carbocycles. The SMILES string of the molecule is CCCNCc1cnc(C(C)(C)CC)c(C)c1. The maximum atomic E-state index is 4.66. The molecule has 0 amide bonds. The lowest BCUT2D eigenvalue weighted by atomic mass is 9.83. The van der Waals surface area contributed by atoms with Gasteiger partial charge in [0.2, 0.25) is 0 Å². The van der Waals surface area contributed by atoms with Crippen LogP contribution in [-0.4, -0.2) is 11.5 Å². The van der Waals surface area contributed by atoms with Crippen molar-refractivity contribution in [3.63, 3.8) is 0 Å². The smallest absolute Gasteiger partial charge is 0.0489 e. The molecule has 1 aromatic heterocycles. The minimum Gasteiger partial charge on any atom is -0.313 e. The molecule has 1 aromatic rings. The highest BCUT2D eigenvalue weighted by Crippen LogP contribution is 2.27. The molecule has 1 N–H and O–H groups in total. The Hall–Kier alpha value is -0.890. The average molecular weight is 234 g/mol. The van der Waals surface area contributed by atoms with E-state index in [4.69, 9.17) is 0 Å². The van der Waals surface area contributed by atoms with Crippen molar-refractivity contribution in [3.8, 4) is 0 Å². The van der Waals surface area contributed by atoms with Crippen molar-refractivity contribution < 1.29 is 0 Å².